The van der Waals surface area contributed by atoms with Crippen LogP contribution in [0.25, 0.3) is 53.2 Å². The van der Waals surface area contributed by atoms with Crippen molar-refractivity contribution in [1.82, 2.24) is 0 Å². The first-order valence-corrected chi connectivity index (χ1v) is 18.6. The summed E-state index contributed by atoms with van der Waals surface area (Å²) in [6, 6.07) is 68.5. The van der Waals surface area contributed by atoms with Gasteiger partial charge in [-0.1, -0.05) is 152 Å². The van der Waals surface area contributed by atoms with Crippen molar-refractivity contribution < 1.29 is 4.42 Å². The molecule has 1 aliphatic carbocycles. The van der Waals surface area contributed by atoms with E-state index in [1.165, 1.54) is 53.6 Å². The van der Waals surface area contributed by atoms with E-state index in [0.29, 0.717) is 0 Å². The first kappa shape index (κ1) is 29.3. The Balaban J connectivity index is 1.25. The summed E-state index contributed by atoms with van der Waals surface area (Å²) in [7, 11) is 0. The van der Waals surface area contributed by atoms with Gasteiger partial charge in [-0.05, 0) is 69.8 Å². The molecule has 0 amide bonds. The van der Waals surface area contributed by atoms with Crippen molar-refractivity contribution in [3.05, 3.63) is 210 Å². The summed E-state index contributed by atoms with van der Waals surface area (Å²) in [6.07, 6.45) is 0. The Labute approximate surface area is 305 Å². The maximum absolute atomic E-state index is 6.76. The molecule has 0 unspecified atom stereocenters. The van der Waals surface area contributed by atoms with Crippen LogP contribution in [-0.2, 0) is 5.41 Å². The highest BCUT2D eigenvalue weighted by molar-refractivity contribution is 7.26. The molecule has 1 aliphatic rings. The van der Waals surface area contributed by atoms with Gasteiger partial charge in [0.05, 0.1) is 21.5 Å². The number of thiophene rings is 1. The van der Waals surface area contributed by atoms with Gasteiger partial charge in [0.25, 0.3) is 0 Å². The average molecular weight is 682 g/mol. The predicted molar refractivity (Wildman–Crippen MR) is 219 cm³/mol. The standard InChI is InChI=1S/C49H31NOS/c1-3-15-32(16-4-1)49(33-17-5-2-6-18-33)41-24-10-7-19-35(41)36-30-29-34(31-42(36)49)50(43-25-13-22-39-37-20-8-11-27-45(37)51-47(39)43)44-26-14-23-40-38-21-9-12-28-46(38)52-48(40)44/h1-31H. The minimum Gasteiger partial charge on any atom is -0.454 e. The van der Waals surface area contributed by atoms with Crippen LogP contribution in [0.4, 0.5) is 17.1 Å². The summed E-state index contributed by atoms with van der Waals surface area (Å²) < 4.78 is 9.29. The van der Waals surface area contributed by atoms with Gasteiger partial charge < -0.3 is 9.32 Å². The van der Waals surface area contributed by atoms with Gasteiger partial charge in [-0.2, -0.15) is 0 Å². The molecule has 0 fully saturated rings. The van der Waals surface area contributed by atoms with Crippen LogP contribution >= 0.6 is 11.3 Å². The Kier molecular flexibility index (Phi) is 6.37. The molecule has 0 saturated carbocycles. The van der Waals surface area contributed by atoms with E-state index in [9.17, 15) is 0 Å². The smallest absolute Gasteiger partial charge is 0.159 e. The van der Waals surface area contributed by atoms with E-state index in [1.54, 1.807) is 0 Å². The SMILES string of the molecule is c1ccc(C2(c3ccccc3)c3ccccc3-c3ccc(N(c4cccc5c4oc4ccccc45)c4cccc5c4sc4ccccc45)cc32)cc1. The predicted octanol–water partition coefficient (Wildman–Crippen LogP) is 13.8. The van der Waals surface area contributed by atoms with Crippen LogP contribution < -0.4 is 4.90 Å². The van der Waals surface area contributed by atoms with Crippen LogP contribution in [0.15, 0.2) is 192 Å². The Morgan fingerprint density at radius 1 is 0.442 bits per heavy atom. The fourth-order valence-electron chi connectivity index (χ4n) is 8.80. The molecule has 3 heteroatoms. The zero-order chi connectivity index (χ0) is 34.2. The quantitative estimate of drug-likeness (QED) is 0.180. The second kappa shape index (κ2) is 11.3. The molecule has 2 aromatic heterocycles. The fraction of sp³-hybridized carbons (Fsp3) is 0.0204. The molecule has 2 heterocycles. The van der Waals surface area contributed by atoms with Crippen LogP contribution in [0, 0.1) is 0 Å². The number of furan rings is 1. The van der Waals surface area contributed by atoms with Crippen LogP contribution in [0.1, 0.15) is 22.3 Å². The Morgan fingerprint density at radius 3 is 1.87 bits per heavy atom. The molecule has 10 aromatic rings. The summed E-state index contributed by atoms with van der Waals surface area (Å²) in [5, 5.41) is 4.77. The van der Waals surface area contributed by atoms with Crippen LogP contribution in [0.3, 0.4) is 0 Å². The van der Waals surface area contributed by atoms with Crippen molar-refractivity contribution in [2.45, 2.75) is 5.41 Å². The molecule has 2 nitrogen and oxygen atoms in total. The lowest BCUT2D eigenvalue weighted by atomic mass is 9.67. The first-order chi connectivity index (χ1) is 25.8. The zero-order valence-corrected chi connectivity index (χ0v) is 29.0. The monoisotopic (exact) mass is 681 g/mol. The molecular weight excluding hydrogens is 651 g/mol. The number of hydrogen-bond donors (Lipinski definition) is 0. The van der Waals surface area contributed by atoms with Crippen molar-refractivity contribution >= 4 is 70.5 Å². The number of rotatable bonds is 5. The summed E-state index contributed by atoms with van der Waals surface area (Å²) >= 11 is 1.85. The lowest BCUT2D eigenvalue weighted by molar-refractivity contribution is 0.669. The van der Waals surface area contributed by atoms with Crippen molar-refractivity contribution in [2.24, 2.45) is 0 Å². The molecule has 52 heavy (non-hydrogen) atoms. The van der Waals surface area contributed by atoms with Gasteiger partial charge in [0, 0.05) is 31.9 Å². The maximum Gasteiger partial charge on any atom is 0.159 e. The van der Waals surface area contributed by atoms with Crippen molar-refractivity contribution in [1.29, 1.82) is 0 Å². The number of para-hydroxylation sites is 2. The number of hydrogen-bond acceptors (Lipinski definition) is 3. The van der Waals surface area contributed by atoms with E-state index in [4.69, 9.17) is 4.42 Å². The first-order valence-electron chi connectivity index (χ1n) is 17.8. The minimum absolute atomic E-state index is 0.509. The van der Waals surface area contributed by atoms with Gasteiger partial charge in [-0.15, -0.1) is 11.3 Å². The largest absolute Gasteiger partial charge is 0.454 e. The Morgan fingerprint density at radius 2 is 1.06 bits per heavy atom. The summed E-state index contributed by atoms with van der Waals surface area (Å²) in [5.41, 5.74) is 12.1. The zero-order valence-electron chi connectivity index (χ0n) is 28.2. The topological polar surface area (TPSA) is 16.4 Å². The Bertz CT molecular complexity index is 2820. The molecule has 0 saturated heterocycles. The second-order valence-electron chi connectivity index (χ2n) is 13.6. The molecule has 0 aliphatic heterocycles. The van der Waals surface area contributed by atoms with Gasteiger partial charge in [0.1, 0.15) is 5.58 Å². The van der Waals surface area contributed by atoms with Gasteiger partial charge in [-0.3, -0.25) is 0 Å². The highest BCUT2D eigenvalue weighted by Crippen LogP contribution is 2.58. The molecule has 0 radical (unpaired) electrons. The summed E-state index contributed by atoms with van der Waals surface area (Å²) in [4.78, 5) is 2.44. The molecule has 0 N–H and O–H groups in total. The van der Waals surface area contributed by atoms with Crippen LogP contribution in [-0.4, -0.2) is 0 Å². The number of fused-ring (bicyclic) bond motifs is 9. The fourth-order valence-corrected chi connectivity index (χ4v) is 10.0. The van der Waals surface area contributed by atoms with Crippen molar-refractivity contribution in [3.63, 3.8) is 0 Å². The van der Waals surface area contributed by atoms with E-state index in [2.05, 4.69) is 187 Å². The molecule has 0 spiro atoms. The molecule has 244 valence electrons. The molecule has 0 atom stereocenters. The molecule has 11 rings (SSSR count). The van der Waals surface area contributed by atoms with Crippen LogP contribution in [0.5, 0.6) is 0 Å². The van der Waals surface area contributed by atoms with Gasteiger partial charge in [0.15, 0.2) is 5.58 Å². The number of anilines is 3. The maximum atomic E-state index is 6.76. The van der Waals surface area contributed by atoms with E-state index < -0.39 is 5.41 Å². The Hall–Kier alpha value is -6.42. The van der Waals surface area contributed by atoms with E-state index in [-0.39, 0.29) is 0 Å². The van der Waals surface area contributed by atoms with E-state index in [0.717, 1.165) is 39.0 Å². The molecule has 0 bridgehead atoms. The third-order valence-corrected chi connectivity index (χ3v) is 12.2. The van der Waals surface area contributed by atoms with Gasteiger partial charge in [-0.25, -0.2) is 0 Å². The van der Waals surface area contributed by atoms with Gasteiger partial charge >= 0.3 is 0 Å². The summed E-state index contributed by atoms with van der Waals surface area (Å²) in [5.74, 6) is 0. The minimum atomic E-state index is -0.509. The van der Waals surface area contributed by atoms with Crippen molar-refractivity contribution in [2.75, 3.05) is 4.90 Å². The van der Waals surface area contributed by atoms with Gasteiger partial charge in [0.2, 0.25) is 0 Å². The van der Waals surface area contributed by atoms with E-state index in [1.807, 2.05) is 17.4 Å². The molecule has 8 aromatic carbocycles. The number of benzene rings is 8. The lowest BCUT2D eigenvalue weighted by Crippen LogP contribution is -2.28. The van der Waals surface area contributed by atoms with Crippen molar-refractivity contribution in [3.8, 4) is 11.1 Å². The highest BCUT2D eigenvalue weighted by atomic mass is 32.1. The second-order valence-corrected chi connectivity index (χ2v) is 14.6. The lowest BCUT2D eigenvalue weighted by Gasteiger charge is -2.35. The third-order valence-electron chi connectivity index (χ3n) is 10.9. The number of nitrogens with zero attached hydrogens (tertiary/aromatic N) is 1. The van der Waals surface area contributed by atoms with Crippen LogP contribution in [0.2, 0.25) is 0 Å². The van der Waals surface area contributed by atoms with E-state index >= 15 is 0 Å². The normalized spacial score (nSPS) is 13.2. The average Bonchev–Trinajstić information content (AvgIpc) is 3.88. The highest BCUT2D eigenvalue weighted by Gasteiger charge is 2.46. The third kappa shape index (κ3) is 4.06. The summed E-state index contributed by atoms with van der Waals surface area (Å²) in [6.45, 7) is 0. The molecular formula is C49H31NOS.